The molecule has 4 aromatic rings. The van der Waals surface area contributed by atoms with Crippen molar-refractivity contribution in [2.24, 2.45) is 0 Å². The highest BCUT2D eigenvalue weighted by Gasteiger charge is 2.31. The van der Waals surface area contributed by atoms with Gasteiger partial charge in [-0.3, -0.25) is 9.59 Å². The fraction of sp³-hybridized carbons (Fsp3) is 0.214. The highest BCUT2D eigenvalue weighted by Crippen LogP contribution is 2.48. The van der Waals surface area contributed by atoms with Crippen molar-refractivity contribution < 1.29 is 53.7 Å². The van der Waals surface area contributed by atoms with Gasteiger partial charge in [-0.25, -0.2) is 0 Å². The number of aromatic hydroxyl groups is 5. The van der Waals surface area contributed by atoms with Gasteiger partial charge in [0.05, 0.1) is 34.9 Å². The SMILES string of the molecule is COC(=O)C[C@@H](c1cc(OC)c(OC)c(OC)c1)c1c(O)cc(O)c2c(=O)c(O)c(-c3ccc(O)c(O)c3)oc12. The van der Waals surface area contributed by atoms with Crippen LogP contribution in [-0.2, 0) is 9.53 Å². The number of rotatable bonds is 8. The van der Waals surface area contributed by atoms with E-state index in [0.717, 1.165) is 18.2 Å². The average molecular weight is 555 g/mol. The van der Waals surface area contributed by atoms with E-state index in [4.69, 9.17) is 23.4 Å². The molecule has 0 aliphatic heterocycles. The molecular weight excluding hydrogens is 528 g/mol. The van der Waals surface area contributed by atoms with E-state index in [2.05, 4.69) is 0 Å². The molecule has 4 rings (SSSR count). The summed E-state index contributed by atoms with van der Waals surface area (Å²) in [6.45, 7) is 0. The summed E-state index contributed by atoms with van der Waals surface area (Å²) in [5.74, 6) is -4.62. The van der Waals surface area contributed by atoms with Gasteiger partial charge in [-0.05, 0) is 35.9 Å². The first-order valence-corrected chi connectivity index (χ1v) is 11.7. The zero-order chi connectivity index (χ0) is 29.3. The summed E-state index contributed by atoms with van der Waals surface area (Å²) in [7, 11) is 5.38. The van der Waals surface area contributed by atoms with Crippen molar-refractivity contribution in [1.29, 1.82) is 0 Å². The van der Waals surface area contributed by atoms with E-state index in [9.17, 15) is 35.1 Å². The first-order chi connectivity index (χ1) is 19.1. The van der Waals surface area contributed by atoms with Crippen molar-refractivity contribution in [2.45, 2.75) is 12.3 Å². The number of esters is 1. The summed E-state index contributed by atoms with van der Waals surface area (Å²) in [6.07, 6.45) is -0.373. The Morgan fingerprint density at radius 1 is 0.825 bits per heavy atom. The largest absolute Gasteiger partial charge is 0.507 e. The zero-order valence-corrected chi connectivity index (χ0v) is 21.8. The van der Waals surface area contributed by atoms with Gasteiger partial charge in [-0.15, -0.1) is 0 Å². The number of phenols is 4. The van der Waals surface area contributed by atoms with E-state index in [1.54, 1.807) is 0 Å². The third-order valence-corrected chi connectivity index (χ3v) is 6.41. The van der Waals surface area contributed by atoms with Gasteiger partial charge < -0.3 is 48.9 Å². The molecule has 0 amide bonds. The zero-order valence-electron chi connectivity index (χ0n) is 21.8. The van der Waals surface area contributed by atoms with Crippen molar-refractivity contribution >= 4 is 16.9 Å². The van der Waals surface area contributed by atoms with Gasteiger partial charge in [0.25, 0.3) is 0 Å². The fourth-order valence-electron chi connectivity index (χ4n) is 4.48. The molecule has 0 radical (unpaired) electrons. The molecule has 5 N–H and O–H groups in total. The summed E-state index contributed by atoms with van der Waals surface area (Å²) in [5.41, 5.74) is -1.16. The van der Waals surface area contributed by atoms with Crippen molar-refractivity contribution in [3.63, 3.8) is 0 Å². The molecule has 12 heteroatoms. The minimum Gasteiger partial charge on any atom is -0.507 e. The van der Waals surface area contributed by atoms with Crippen LogP contribution in [0, 0.1) is 0 Å². The molecule has 0 unspecified atom stereocenters. The van der Waals surface area contributed by atoms with Gasteiger partial charge in [-0.2, -0.15) is 0 Å². The highest BCUT2D eigenvalue weighted by molar-refractivity contribution is 5.92. The first-order valence-electron chi connectivity index (χ1n) is 11.7. The van der Waals surface area contributed by atoms with Gasteiger partial charge >= 0.3 is 5.97 Å². The third-order valence-electron chi connectivity index (χ3n) is 6.41. The van der Waals surface area contributed by atoms with Crippen LogP contribution < -0.4 is 19.6 Å². The Balaban J connectivity index is 2.12. The van der Waals surface area contributed by atoms with E-state index in [-0.39, 0.29) is 40.4 Å². The Morgan fingerprint density at radius 3 is 2.02 bits per heavy atom. The molecule has 0 spiro atoms. The van der Waals surface area contributed by atoms with Crippen molar-refractivity contribution in [3.8, 4) is 57.3 Å². The third kappa shape index (κ3) is 4.70. The van der Waals surface area contributed by atoms with Gasteiger partial charge in [0.1, 0.15) is 22.5 Å². The molecule has 0 aliphatic rings. The minimum absolute atomic E-state index is 0.00196. The second-order valence-corrected chi connectivity index (χ2v) is 8.64. The molecule has 40 heavy (non-hydrogen) atoms. The monoisotopic (exact) mass is 554 g/mol. The summed E-state index contributed by atoms with van der Waals surface area (Å²) >= 11 is 0. The number of phenolic OH excluding ortho intramolecular Hbond substituents is 4. The van der Waals surface area contributed by atoms with Crippen LogP contribution in [0.1, 0.15) is 23.5 Å². The minimum atomic E-state index is -1.07. The lowest BCUT2D eigenvalue weighted by molar-refractivity contribution is -0.140. The standard InChI is InChI=1S/C28H26O12/c1-36-19-8-13(9-20(37-2)27(19)39-4)14(10-21(33)38-3)22-17(31)11-18(32)23-24(34)25(35)26(40-28(22)23)12-5-6-15(29)16(30)7-12/h5-9,11,14,29-32,35H,10H2,1-4H3/t14-/m0/s1. The van der Waals surface area contributed by atoms with Crippen LogP contribution >= 0.6 is 0 Å². The molecule has 1 heterocycles. The lowest BCUT2D eigenvalue weighted by atomic mass is 9.86. The number of carbonyl (C=O) groups is 1. The molecule has 3 aromatic carbocycles. The van der Waals surface area contributed by atoms with Gasteiger partial charge in [0, 0.05) is 23.1 Å². The number of hydrogen-bond donors (Lipinski definition) is 5. The predicted molar refractivity (Wildman–Crippen MR) is 141 cm³/mol. The maximum Gasteiger partial charge on any atom is 0.306 e. The lowest BCUT2D eigenvalue weighted by Gasteiger charge is -2.22. The topological polar surface area (TPSA) is 185 Å². The number of benzene rings is 3. The first kappa shape index (κ1) is 27.8. The highest BCUT2D eigenvalue weighted by atomic mass is 16.5. The average Bonchev–Trinajstić information content (AvgIpc) is 2.94. The molecule has 12 nitrogen and oxygen atoms in total. The number of hydrogen-bond acceptors (Lipinski definition) is 12. The number of methoxy groups -OCH3 is 4. The quantitative estimate of drug-likeness (QED) is 0.157. The Kier molecular flexibility index (Phi) is 7.53. The predicted octanol–water partition coefficient (Wildman–Crippen LogP) is 3.71. The van der Waals surface area contributed by atoms with Crippen molar-refractivity contribution in [2.75, 3.05) is 28.4 Å². The van der Waals surface area contributed by atoms with E-state index in [1.807, 2.05) is 0 Å². The maximum atomic E-state index is 13.3. The number of fused-ring (bicyclic) bond motifs is 1. The van der Waals surface area contributed by atoms with Crippen molar-refractivity contribution in [1.82, 2.24) is 0 Å². The fourth-order valence-corrected chi connectivity index (χ4v) is 4.48. The maximum absolute atomic E-state index is 13.3. The van der Waals surface area contributed by atoms with Gasteiger partial charge in [-0.1, -0.05) is 0 Å². The summed E-state index contributed by atoms with van der Waals surface area (Å²) < 4.78 is 27.0. The molecule has 0 fully saturated rings. The Hall–Kier alpha value is -5.26. The molecule has 1 aromatic heterocycles. The van der Waals surface area contributed by atoms with Gasteiger partial charge in [0.15, 0.2) is 28.8 Å². The lowest BCUT2D eigenvalue weighted by Crippen LogP contribution is -2.13. The summed E-state index contributed by atoms with van der Waals surface area (Å²) in [5, 5.41) is 51.5. The molecule has 0 aliphatic carbocycles. The molecular formula is C28H26O12. The van der Waals surface area contributed by atoms with Crippen molar-refractivity contribution in [3.05, 3.63) is 57.7 Å². The number of carbonyl (C=O) groups excluding carboxylic acids is 1. The normalized spacial score (nSPS) is 11.7. The molecule has 210 valence electrons. The van der Waals surface area contributed by atoms with Crippen LogP contribution in [0.15, 0.2) is 45.6 Å². The Labute approximate surface area is 226 Å². The molecule has 0 saturated heterocycles. The smallest absolute Gasteiger partial charge is 0.306 e. The van der Waals surface area contributed by atoms with E-state index < -0.39 is 57.2 Å². The summed E-state index contributed by atoms with van der Waals surface area (Å²) in [4.78, 5) is 25.8. The van der Waals surface area contributed by atoms with Gasteiger partial charge in [0.2, 0.25) is 16.9 Å². The van der Waals surface area contributed by atoms with Crippen LogP contribution in [0.2, 0.25) is 0 Å². The Bertz CT molecular complexity index is 1650. The molecule has 0 bridgehead atoms. The molecule has 1 atom stereocenters. The van der Waals surface area contributed by atoms with E-state index >= 15 is 0 Å². The van der Waals surface area contributed by atoms with Crippen LogP contribution in [-0.4, -0.2) is 59.9 Å². The van der Waals surface area contributed by atoms with Crippen LogP contribution in [0.25, 0.3) is 22.3 Å². The van der Waals surface area contributed by atoms with E-state index in [0.29, 0.717) is 5.56 Å². The second-order valence-electron chi connectivity index (χ2n) is 8.64. The molecule has 0 saturated carbocycles. The Morgan fingerprint density at radius 2 is 1.48 bits per heavy atom. The van der Waals surface area contributed by atoms with E-state index in [1.165, 1.54) is 46.6 Å². The summed E-state index contributed by atoms with van der Waals surface area (Å²) in [6, 6.07) is 7.39. The van der Waals surface area contributed by atoms with Crippen LogP contribution in [0.4, 0.5) is 0 Å². The second kappa shape index (κ2) is 10.8. The van der Waals surface area contributed by atoms with Crippen LogP contribution in [0.5, 0.6) is 46.0 Å². The number of ether oxygens (including phenoxy) is 4. The van der Waals surface area contributed by atoms with Crippen LogP contribution in [0.3, 0.4) is 0 Å².